The summed E-state index contributed by atoms with van der Waals surface area (Å²) < 4.78 is 6.53. The van der Waals surface area contributed by atoms with Gasteiger partial charge in [0.15, 0.2) is 0 Å². The maximum atomic E-state index is 6.53. The Kier molecular flexibility index (Phi) is 4.18. The molecule has 2 aliphatic rings. The highest BCUT2D eigenvalue weighted by atomic mass is 16.5. The van der Waals surface area contributed by atoms with Crippen LogP contribution in [0.15, 0.2) is 146 Å². The Morgan fingerprint density at radius 2 is 0.952 bits per heavy atom. The first-order chi connectivity index (χ1) is 20.8. The van der Waals surface area contributed by atoms with Crippen molar-refractivity contribution >= 4 is 32.3 Å². The molecule has 0 saturated carbocycles. The molecule has 8 aromatic rings. The predicted molar refractivity (Wildman–Crippen MR) is 173 cm³/mol. The van der Waals surface area contributed by atoms with Crippen molar-refractivity contribution in [1.82, 2.24) is 0 Å². The lowest BCUT2D eigenvalue weighted by Gasteiger charge is -2.39. The van der Waals surface area contributed by atoms with Gasteiger partial charge in [0.05, 0.1) is 5.41 Å². The van der Waals surface area contributed by atoms with Crippen LogP contribution in [0.4, 0.5) is 0 Å². The van der Waals surface area contributed by atoms with Gasteiger partial charge < -0.3 is 4.74 Å². The van der Waals surface area contributed by atoms with Crippen LogP contribution in [-0.2, 0) is 5.41 Å². The summed E-state index contributed by atoms with van der Waals surface area (Å²) >= 11 is 0. The predicted octanol–water partition coefficient (Wildman–Crippen LogP) is 10.7. The van der Waals surface area contributed by atoms with E-state index in [0.29, 0.717) is 0 Å². The second kappa shape index (κ2) is 7.87. The molecule has 1 nitrogen and oxygen atoms in total. The van der Waals surface area contributed by atoms with Gasteiger partial charge in [-0.2, -0.15) is 0 Å². The first-order valence-electron chi connectivity index (χ1n) is 14.6. The highest BCUT2D eigenvalue weighted by Crippen LogP contribution is 2.62. The Balaban J connectivity index is 1.32. The third-order valence-corrected chi connectivity index (χ3v) is 9.69. The Bertz CT molecular complexity index is 2330. The Morgan fingerprint density at radius 1 is 0.381 bits per heavy atom. The zero-order valence-corrected chi connectivity index (χ0v) is 22.8. The topological polar surface area (TPSA) is 9.23 Å². The highest BCUT2D eigenvalue weighted by molar-refractivity contribution is 6.25. The third-order valence-electron chi connectivity index (χ3n) is 9.69. The Hall–Kier alpha value is -5.40. The average Bonchev–Trinajstić information content (AvgIpc) is 3.34. The quantitative estimate of drug-likeness (QED) is 0.191. The molecule has 1 heteroatoms. The van der Waals surface area contributed by atoms with Crippen molar-refractivity contribution in [3.05, 3.63) is 168 Å². The van der Waals surface area contributed by atoms with Crippen LogP contribution < -0.4 is 4.74 Å². The van der Waals surface area contributed by atoms with E-state index in [1.54, 1.807) is 0 Å². The zero-order valence-electron chi connectivity index (χ0n) is 22.8. The molecule has 0 radical (unpaired) electrons. The molecule has 0 bridgehead atoms. The SMILES string of the molecule is c1ccc2c(c1)Oc1ccccc1C21c2ccccc2-c2ccc(-c3ccc4ccc5cccc6ccc3c4c56)cc21. The summed E-state index contributed by atoms with van der Waals surface area (Å²) in [5.41, 5.74) is 9.65. The molecule has 0 N–H and O–H groups in total. The Morgan fingerprint density at radius 3 is 1.71 bits per heavy atom. The fourth-order valence-corrected chi connectivity index (χ4v) is 8.01. The minimum Gasteiger partial charge on any atom is -0.457 e. The lowest BCUT2D eigenvalue weighted by Crippen LogP contribution is -2.32. The van der Waals surface area contributed by atoms with Gasteiger partial charge >= 0.3 is 0 Å². The molecule has 0 fully saturated rings. The molecule has 194 valence electrons. The van der Waals surface area contributed by atoms with Crippen molar-refractivity contribution in [1.29, 1.82) is 0 Å². The maximum absolute atomic E-state index is 6.53. The van der Waals surface area contributed by atoms with E-state index in [0.717, 1.165) is 11.5 Å². The van der Waals surface area contributed by atoms with Crippen LogP contribution in [0.3, 0.4) is 0 Å². The lowest BCUT2D eigenvalue weighted by molar-refractivity contribution is 0.436. The largest absolute Gasteiger partial charge is 0.457 e. The second-order valence-corrected chi connectivity index (χ2v) is 11.6. The number of rotatable bonds is 1. The normalized spacial score (nSPS) is 14.1. The van der Waals surface area contributed by atoms with Crippen molar-refractivity contribution in [3.63, 3.8) is 0 Å². The van der Waals surface area contributed by atoms with Gasteiger partial charge in [-0.15, -0.1) is 0 Å². The fourth-order valence-electron chi connectivity index (χ4n) is 8.01. The molecule has 1 aliphatic carbocycles. The van der Waals surface area contributed by atoms with E-state index < -0.39 is 5.41 Å². The molecule has 1 heterocycles. The van der Waals surface area contributed by atoms with Crippen molar-refractivity contribution in [3.8, 4) is 33.8 Å². The molecular weight excluding hydrogens is 508 g/mol. The van der Waals surface area contributed by atoms with Crippen LogP contribution in [-0.4, -0.2) is 0 Å². The van der Waals surface area contributed by atoms with Crippen LogP contribution in [0, 0.1) is 0 Å². The number of benzene rings is 8. The van der Waals surface area contributed by atoms with Crippen LogP contribution >= 0.6 is 0 Å². The van der Waals surface area contributed by atoms with Crippen molar-refractivity contribution < 1.29 is 4.74 Å². The minimum atomic E-state index is -0.461. The number of hydrogen-bond donors (Lipinski definition) is 0. The number of ether oxygens (including phenoxy) is 1. The van der Waals surface area contributed by atoms with Crippen LogP contribution in [0.25, 0.3) is 54.6 Å². The molecule has 0 amide bonds. The van der Waals surface area contributed by atoms with Gasteiger partial charge in [-0.1, -0.05) is 127 Å². The maximum Gasteiger partial charge on any atom is 0.132 e. The van der Waals surface area contributed by atoms with E-state index in [1.807, 2.05) is 0 Å². The molecule has 0 saturated heterocycles. The van der Waals surface area contributed by atoms with Gasteiger partial charge in [0.1, 0.15) is 11.5 Å². The van der Waals surface area contributed by atoms with Crippen LogP contribution in [0.1, 0.15) is 22.3 Å². The molecule has 0 aromatic heterocycles. The molecule has 1 spiro atoms. The van der Waals surface area contributed by atoms with E-state index in [-0.39, 0.29) is 0 Å². The van der Waals surface area contributed by atoms with Crippen molar-refractivity contribution in [2.24, 2.45) is 0 Å². The molecule has 42 heavy (non-hydrogen) atoms. The second-order valence-electron chi connectivity index (χ2n) is 11.6. The molecule has 8 aromatic carbocycles. The minimum absolute atomic E-state index is 0.461. The number of hydrogen-bond acceptors (Lipinski definition) is 1. The summed E-state index contributed by atoms with van der Waals surface area (Å²) in [6.07, 6.45) is 0. The lowest BCUT2D eigenvalue weighted by atomic mass is 9.66. The van der Waals surface area contributed by atoms with Crippen molar-refractivity contribution in [2.45, 2.75) is 5.41 Å². The summed E-state index contributed by atoms with van der Waals surface area (Å²) in [7, 11) is 0. The van der Waals surface area contributed by atoms with E-state index in [1.165, 1.54) is 76.8 Å². The van der Waals surface area contributed by atoms with Crippen molar-refractivity contribution in [2.75, 3.05) is 0 Å². The van der Waals surface area contributed by atoms with E-state index in [4.69, 9.17) is 4.74 Å². The van der Waals surface area contributed by atoms with Gasteiger partial charge in [-0.05, 0) is 83.9 Å². The summed E-state index contributed by atoms with van der Waals surface area (Å²) in [5, 5.41) is 7.88. The molecule has 1 aliphatic heterocycles. The summed E-state index contributed by atoms with van der Waals surface area (Å²) in [6.45, 7) is 0. The summed E-state index contributed by atoms with van der Waals surface area (Å²) in [4.78, 5) is 0. The van der Waals surface area contributed by atoms with Gasteiger partial charge in [0.25, 0.3) is 0 Å². The van der Waals surface area contributed by atoms with Gasteiger partial charge in [0, 0.05) is 11.1 Å². The average molecular weight is 533 g/mol. The molecule has 0 unspecified atom stereocenters. The monoisotopic (exact) mass is 532 g/mol. The zero-order chi connectivity index (χ0) is 27.4. The van der Waals surface area contributed by atoms with Crippen LogP contribution in [0.2, 0.25) is 0 Å². The van der Waals surface area contributed by atoms with Crippen LogP contribution in [0.5, 0.6) is 11.5 Å². The standard InChI is InChI=1S/C41H24O/c1-2-11-33-30(10-1)31-22-20-28(29-21-18-27-17-16-25-8-7-9-26-19-23-32(29)40(27)39(25)26)24-36(31)41(33)34-12-3-5-14-37(34)42-38-15-6-4-13-35(38)41/h1-24H. The summed E-state index contributed by atoms with van der Waals surface area (Å²) in [5.74, 6) is 1.85. The van der Waals surface area contributed by atoms with E-state index in [9.17, 15) is 0 Å². The molecule has 10 rings (SSSR count). The molecular formula is C41H24O. The molecule has 0 atom stereocenters. The number of fused-ring (bicyclic) bond motifs is 9. The van der Waals surface area contributed by atoms with Gasteiger partial charge in [0.2, 0.25) is 0 Å². The first kappa shape index (κ1) is 22.3. The third kappa shape index (κ3) is 2.64. The van der Waals surface area contributed by atoms with E-state index in [2.05, 4.69) is 146 Å². The Labute approximate surface area is 243 Å². The number of para-hydroxylation sites is 2. The fraction of sp³-hybridized carbons (Fsp3) is 0.0244. The van der Waals surface area contributed by atoms with Gasteiger partial charge in [-0.3, -0.25) is 0 Å². The summed E-state index contributed by atoms with van der Waals surface area (Å²) in [6, 6.07) is 53.5. The smallest absolute Gasteiger partial charge is 0.132 e. The highest BCUT2D eigenvalue weighted by Gasteiger charge is 2.51. The first-order valence-corrected chi connectivity index (χ1v) is 14.6. The van der Waals surface area contributed by atoms with E-state index >= 15 is 0 Å². The van der Waals surface area contributed by atoms with Gasteiger partial charge in [-0.25, -0.2) is 0 Å².